The van der Waals surface area contributed by atoms with Gasteiger partial charge >= 0.3 is 0 Å². The monoisotopic (exact) mass is 273 g/mol. The third-order valence-electron chi connectivity index (χ3n) is 3.18. The Labute approximate surface area is 119 Å². The smallest absolute Gasteiger partial charge is 0.125 e. The van der Waals surface area contributed by atoms with E-state index < -0.39 is 0 Å². The van der Waals surface area contributed by atoms with Gasteiger partial charge in [-0.1, -0.05) is 13.0 Å². The topological polar surface area (TPSA) is 28.2 Å². The summed E-state index contributed by atoms with van der Waals surface area (Å²) in [5.74, 6) is -0.224. The minimum Gasteiger partial charge on any atom is -0.340 e. The Bertz CT molecular complexity index is 557. The van der Waals surface area contributed by atoms with E-state index in [2.05, 4.69) is 29.0 Å². The number of halogens is 1. The molecule has 0 saturated carbocycles. The largest absolute Gasteiger partial charge is 0.340 e. The number of hydrogen-bond donors (Lipinski definition) is 1. The summed E-state index contributed by atoms with van der Waals surface area (Å²) in [6, 6.07) is 8.65. The summed E-state index contributed by atoms with van der Waals surface area (Å²) >= 11 is 0. The van der Waals surface area contributed by atoms with Gasteiger partial charge in [0.05, 0.1) is 11.9 Å². The van der Waals surface area contributed by atoms with Gasteiger partial charge in [0.2, 0.25) is 0 Å². The number of anilines is 2. The van der Waals surface area contributed by atoms with Crippen molar-refractivity contribution in [3.63, 3.8) is 0 Å². The van der Waals surface area contributed by atoms with Crippen molar-refractivity contribution in [2.75, 3.05) is 18.0 Å². The lowest BCUT2D eigenvalue weighted by Crippen LogP contribution is -2.20. The van der Waals surface area contributed by atoms with E-state index in [1.54, 1.807) is 18.3 Å². The van der Waals surface area contributed by atoms with Crippen LogP contribution in [0.1, 0.15) is 19.4 Å². The zero-order valence-electron chi connectivity index (χ0n) is 11.9. The lowest BCUT2D eigenvalue weighted by atomic mass is 10.1. The molecule has 0 aliphatic heterocycles. The fourth-order valence-corrected chi connectivity index (χ4v) is 2.20. The highest BCUT2D eigenvalue weighted by atomic mass is 19.1. The van der Waals surface area contributed by atoms with Crippen LogP contribution in [0, 0.1) is 5.82 Å². The molecule has 0 spiro atoms. The van der Waals surface area contributed by atoms with E-state index in [9.17, 15) is 4.39 Å². The van der Waals surface area contributed by atoms with Gasteiger partial charge in [0.25, 0.3) is 0 Å². The van der Waals surface area contributed by atoms with Crippen LogP contribution in [-0.2, 0) is 6.54 Å². The minimum atomic E-state index is -0.224. The summed E-state index contributed by atoms with van der Waals surface area (Å²) in [4.78, 5) is 6.28. The average molecular weight is 273 g/mol. The molecular weight excluding hydrogens is 253 g/mol. The maximum absolute atomic E-state index is 13.4. The van der Waals surface area contributed by atoms with Gasteiger partial charge < -0.3 is 10.2 Å². The summed E-state index contributed by atoms with van der Waals surface area (Å²) in [5, 5.41) is 3.32. The molecule has 0 fully saturated rings. The predicted octanol–water partition coefficient (Wildman–Crippen LogP) is 3.49. The number of pyridine rings is 1. The normalized spacial score (nSPS) is 10.6. The Hall–Kier alpha value is -1.94. The van der Waals surface area contributed by atoms with Crippen LogP contribution in [0.15, 0.2) is 42.7 Å². The summed E-state index contributed by atoms with van der Waals surface area (Å²) in [7, 11) is 0. The average Bonchev–Trinajstić information content (AvgIpc) is 2.47. The van der Waals surface area contributed by atoms with Crippen LogP contribution in [0.2, 0.25) is 0 Å². The van der Waals surface area contributed by atoms with Gasteiger partial charge in [0.1, 0.15) is 5.82 Å². The van der Waals surface area contributed by atoms with E-state index >= 15 is 0 Å². The first-order chi connectivity index (χ1) is 9.76. The standard InChI is InChI=1S/C16H20FN3/c1-3-18-11-13-8-9-19-12-16(13)20(4-2)15-7-5-6-14(17)10-15/h5-10,12,18H,3-4,11H2,1-2H3. The molecule has 0 unspecified atom stereocenters. The Kier molecular flexibility index (Phi) is 5.07. The number of nitrogens with zero attached hydrogens (tertiary/aromatic N) is 2. The molecule has 20 heavy (non-hydrogen) atoms. The molecule has 0 saturated heterocycles. The Balaban J connectivity index is 2.36. The van der Waals surface area contributed by atoms with Gasteiger partial charge in [0.15, 0.2) is 0 Å². The molecule has 1 heterocycles. The Morgan fingerprint density at radius 2 is 2.10 bits per heavy atom. The quantitative estimate of drug-likeness (QED) is 0.873. The molecule has 4 heteroatoms. The van der Waals surface area contributed by atoms with Crippen molar-refractivity contribution >= 4 is 11.4 Å². The molecule has 0 aliphatic carbocycles. The molecule has 2 rings (SSSR count). The van der Waals surface area contributed by atoms with Crippen molar-refractivity contribution in [1.82, 2.24) is 10.3 Å². The highest BCUT2D eigenvalue weighted by Gasteiger charge is 2.12. The lowest BCUT2D eigenvalue weighted by molar-refractivity contribution is 0.627. The summed E-state index contributed by atoms with van der Waals surface area (Å²) in [5.41, 5.74) is 3.02. The summed E-state index contributed by atoms with van der Waals surface area (Å²) in [6.45, 7) is 6.57. The molecule has 0 amide bonds. The molecule has 106 valence electrons. The molecule has 3 nitrogen and oxygen atoms in total. The van der Waals surface area contributed by atoms with Gasteiger partial charge in [-0.25, -0.2) is 4.39 Å². The van der Waals surface area contributed by atoms with Gasteiger partial charge in [-0.3, -0.25) is 4.98 Å². The zero-order chi connectivity index (χ0) is 14.4. The highest BCUT2D eigenvalue weighted by molar-refractivity contribution is 5.65. The van der Waals surface area contributed by atoms with Gasteiger partial charge in [-0.2, -0.15) is 0 Å². The molecule has 1 aromatic heterocycles. The Morgan fingerprint density at radius 3 is 2.80 bits per heavy atom. The minimum absolute atomic E-state index is 0.224. The fourth-order valence-electron chi connectivity index (χ4n) is 2.20. The van der Waals surface area contributed by atoms with E-state index in [4.69, 9.17) is 0 Å². The second-order valence-corrected chi connectivity index (χ2v) is 4.51. The van der Waals surface area contributed by atoms with Crippen molar-refractivity contribution in [2.45, 2.75) is 20.4 Å². The molecular formula is C16H20FN3. The van der Waals surface area contributed by atoms with Gasteiger partial charge in [0, 0.05) is 25.0 Å². The van der Waals surface area contributed by atoms with Gasteiger partial charge in [-0.05, 0) is 43.3 Å². The van der Waals surface area contributed by atoms with Crippen LogP contribution in [0.25, 0.3) is 0 Å². The molecule has 0 atom stereocenters. The lowest BCUT2D eigenvalue weighted by Gasteiger charge is -2.25. The molecule has 1 aromatic carbocycles. The van der Waals surface area contributed by atoms with Crippen LogP contribution in [0.4, 0.5) is 15.8 Å². The summed E-state index contributed by atoms with van der Waals surface area (Å²) in [6.07, 6.45) is 3.62. The van der Waals surface area contributed by atoms with Crippen LogP contribution in [0.3, 0.4) is 0 Å². The van der Waals surface area contributed by atoms with Crippen LogP contribution >= 0.6 is 0 Å². The number of rotatable bonds is 6. The van der Waals surface area contributed by atoms with Crippen LogP contribution in [-0.4, -0.2) is 18.1 Å². The second kappa shape index (κ2) is 7.01. The van der Waals surface area contributed by atoms with Crippen molar-refractivity contribution in [3.8, 4) is 0 Å². The van der Waals surface area contributed by atoms with Crippen molar-refractivity contribution in [1.29, 1.82) is 0 Å². The molecule has 2 aromatic rings. The molecule has 0 bridgehead atoms. The first kappa shape index (κ1) is 14.5. The van der Waals surface area contributed by atoms with E-state index in [1.165, 1.54) is 6.07 Å². The maximum Gasteiger partial charge on any atom is 0.125 e. The van der Waals surface area contributed by atoms with E-state index in [0.29, 0.717) is 0 Å². The number of aromatic nitrogens is 1. The molecule has 0 radical (unpaired) electrons. The zero-order valence-corrected chi connectivity index (χ0v) is 11.9. The van der Waals surface area contributed by atoms with E-state index in [1.807, 2.05) is 18.3 Å². The van der Waals surface area contributed by atoms with E-state index in [0.717, 1.165) is 36.6 Å². The number of benzene rings is 1. The van der Waals surface area contributed by atoms with Crippen molar-refractivity contribution < 1.29 is 4.39 Å². The molecule has 1 N–H and O–H groups in total. The van der Waals surface area contributed by atoms with Crippen LogP contribution in [0.5, 0.6) is 0 Å². The summed E-state index contributed by atoms with van der Waals surface area (Å²) < 4.78 is 13.4. The first-order valence-electron chi connectivity index (χ1n) is 6.93. The SMILES string of the molecule is CCNCc1ccncc1N(CC)c1cccc(F)c1. The predicted molar refractivity (Wildman–Crippen MR) is 80.7 cm³/mol. The third-order valence-corrected chi connectivity index (χ3v) is 3.18. The van der Waals surface area contributed by atoms with Crippen LogP contribution < -0.4 is 10.2 Å². The molecule has 0 aliphatic rings. The number of nitrogens with one attached hydrogen (secondary N) is 1. The van der Waals surface area contributed by atoms with Gasteiger partial charge in [-0.15, -0.1) is 0 Å². The maximum atomic E-state index is 13.4. The highest BCUT2D eigenvalue weighted by Crippen LogP contribution is 2.28. The third kappa shape index (κ3) is 3.33. The van der Waals surface area contributed by atoms with E-state index in [-0.39, 0.29) is 5.82 Å². The van der Waals surface area contributed by atoms with Crippen molar-refractivity contribution in [3.05, 3.63) is 54.1 Å². The first-order valence-corrected chi connectivity index (χ1v) is 6.93. The van der Waals surface area contributed by atoms with Crippen molar-refractivity contribution in [2.24, 2.45) is 0 Å². The second-order valence-electron chi connectivity index (χ2n) is 4.51. The Morgan fingerprint density at radius 1 is 1.25 bits per heavy atom. The number of hydrogen-bond acceptors (Lipinski definition) is 3. The fraction of sp³-hybridized carbons (Fsp3) is 0.312.